The molecule has 2 fully saturated rings. The summed E-state index contributed by atoms with van der Waals surface area (Å²) in [6.45, 7) is 5.42. The van der Waals surface area contributed by atoms with E-state index in [4.69, 9.17) is 0 Å². The Hall–Kier alpha value is -2.56. The van der Waals surface area contributed by atoms with E-state index in [-0.39, 0.29) is 35.2 Å². The van der Waals surface area contributed by atoms with Gasteiger partial charge in [-0.25, -0.2) is 4.79 Å². The average molecular weight is 450 g/mol. The van der Waals surface area contributed by atoms with Gasteiger partial charge in [0.25, 0.3) is 0 Å². The van der Waals surface area contributed by atoms with Gasteiger partial charge in [0.05, 0.1) is 17.8 Å². The highest BCUT2D eigenvalue weighted by Crippen LogP contribution is 2.35. The molecule has 0 bridgehead atoms. The van der Waals surface area contributed by atoms with Crippen molar-refractivity contribution in [3.63, 3.8) is 0 Å². The molecule has 4 amide bonds. The summed E-state index contributed by atoms with van der Waals surface area (Å²) in [7, 11) is 1.61. The predicted molar refractivity (Wildman–Crippen MR) is 119 cm³/mol. The van der Waals surface area contributed by atoms with Gasteiger partial charge in [-0.05, 0) is 19.3 Å². The first-order valence-electron chi connectivity index (χ1n) is 10.7. The smallest absolute Gasteiger partial charge is 0.315 e. The third-order valence-corrected chi connectivity index (χ3v) is 7.03. The Morgan fingerprint density at radius 1 is 1.26 bits per heavy atom. The molecule has 0 aliphatic carbocycles. The van der Waals surface area contributed by atoms with E-state index in [0.29, 0.717) is 32.4 Å². The molecule has 0 unspecified atom stereocenters. The van der Waals surface area contributed by atoms with Crippen molar-refractivity contribution in [3.05, 3.63) is 24.0 Å². The number of urea groups is 1. The Balaban J connectivity index is 1.25. The summed E-state index contributed by atoms with van der Waals surface area (Å²) in [4.78, 5) is 34.8. The molecule has 3 rings (SSSR count). The molecule has 0 spiro atoms. The summed E-state index contributed by atoms with van der Waals surface area (Å²) < 4.78 is 1.73. The number of carbonyl (C=O) groups is 3. The summed E-state index contributed by atoms with van der Waals surface area (Å²) >= 11 is 1.81. The van der Waals surface area contributed by atoms with Crippen molar-refractivity contribution < 1.29 is 14.4 Å². The Morgan fingerprint density at radius 2 is 2.10 bits per heavy atom. The number of amides is 4. The lowest BCUT2D eigenvalue weighted by Crippen LogP contribution is -2.37. The van der Waals surface area contributed by atoms with Crippen LogP contribution < -0.4 is 21.3 Å². The Morgan fingerprint density at radius 3 is 2.90 bits per heavy atom. The largest absolute Gasteiger partial charge is 0.359 e. The third-order valence-electron chi connectivity index (χ3n) is 5.49. The lowest BCUT2D eigenvalue weighted by molar-refractivity contribution is -0.121. The molecule has 4 N–H and O–H groups in total. The molecule has 11 heteroatoms. The minimum atomic E-state index is -0.0986. The summed E-state index contributed by atoms with van der Waals surface area (Å²) in [5.41, 5.74) is 1.88. The fourth-order valence-electron chi connectivity index (χ4n) is 3.77. The monoisotopic (exact) mass is 449 g/mol. The van der Waals surface area contributed by atoms with Gasteiger partial charge in [-0.15, -0.1) is 16.9 Å². The zero-order chi connectivity index (χ0) is 22.2. The maximum atomic E-state index is 12.1. The van der Waals surface area contributed by atoms with Crippen LogP contribution in [0.3, 0.4) is 0 Å². The van der Waals surface area contributed by atoms with E-state index in [2.05, 4.69) is 38.2 Å². The van der Waals surface area contributed by atoms with Crippen LogP contribution in [0, 0.1) is 0 Å². The van der Waals surface area contributed by atoms with Crippen LogP contribution in [-0.2, 0) is 22.6 Å². The van der Waals surface area contributed by atoms with Gasteiger partial charge in [-0.2, -0.15) is 0 Å². The number of hydrogen-bond acceptors (Lipinski definition) is 6. The molecule has 2 saturated heterocycles. The zero-order valence-electron chi connectivity index (χ0n) is 17.9. The van der Waals surface area contributed by atoms with Crippen LogP contribution in [0.4, 0.5) is 4.79 Å². The summed E-state index contributed by atoms with van der Waals surface area (Å²) in [5.74, 6) is 0.911. The molecule has 1 aromatic rings. The standard InChI is InChI=1S/C20H31N7O3S/c1-13(19-18-15(12-31-19)23-20(30)24-18)5-3-6-17(29)22-9-4-10-27-11-14(25-26-27)7-8-16(28)21-2/h11,15,18-19H,1,3-10,12H2,2H3,(H,21,28)(H,22,29)(H2,23,24,30)/t15-,18-,19-/m0/s1. The quantitative estimate of drug-likeness (QED) is 0.207. The summed E-state index contributed by atoms with van der Waals surface area (Å²) in [6.07, 6.45) is 5.53. The van der Waals surface area contributed by atoms with Crippen LogP contribution in [0.15, 0.2) is 18.3 Å². The fraction of sp³-hybridized carbons (Fsp3) is 0.650. The number of aryl methyl sites for hydroxylation is 2. The van der Waals surface area contributed by atoms with Crippen molar-refractivity contribution in [3.8, 4) is 0 Å². The topological polar surface area (TPSA) is 130 Å². The van der Waals surface area contributed by atoms with Gasteiger partial charge in [0.1, 0.15) is 0 Å². The van der Waals surface area contributed by atoms with E-state index in [1.165, 1.54) is 0 Å². The van der Waals surface area contributed by atoms with Crippen molar-refractivity contribution in [1.29, 1.82) is 0 Å². The first-order chi connectivity index (χ1) is 15.0. The van der Waals surface area contributed by atoms with Gasteiger partial charge in [0, 0.05) is 56.6 Å². The maximum absolute atomic E-state index is 12.1. The van der Waals surface area contributed by atoms with Crippen LogP contribution in [0.2, 0.25) is 0 Å². The Bertz CT molecular complexity index is 812. The number of carbonyl (C=O) groups excluding carboxylic acids is 3. The van der Waals surface area contributed by atoms with Crippen LogP contribution in [0.5, 0.6) is 0 Å². The second kappa shape index (κ2) is 11.2. The number of nitrogens with one attached hydrogen (secondary N) is 4. The Kier molecular flexibility index (Phi) is 8.33. The van der Waals surface area contributed by atoms with Crippen LogP contribution in [-0.4, -0.2) is 69.5 Å². The van der Waals surface area contributed by atoms with Crippen LogP contribution in [0.1, 0.15) is 37.8 Å². The highest BCUT2D eigenvalue weighted by molar-refractivity contribution is 8.00. The second-order valence-electron chi connectivity index (χ2n) is 7.87. The average Bonchev–Trinajstić information content (AvgIpc) is 3.45. The SMILES string of the molecule is C=C(CCCC(=O)NCCCn1cc(CCC(=O)NC)nn1)[C@@H]1SC[C@@H]2NC(=O)N[C@@H]21. The zero-order valence-corrected chi connectivity index (χ0v) is 18.7. The second-order valence-corrected chi connectivity index (χ2v) is 9.04. The lowest BCUT2D eigenvalue weighted by Gasteiger charge is -2.19. The normalized spacial score (nSPS) is 21.8. The maximum Gasteiger partial charge on any atom is 0.315 e. The predicted octanol–water partition coefficient (Wildman–Crippen LogP) is 0.355. The van der Waals surface area contributed by atoms with Crippen molar-refractivity contribution >= 4 is 29.6 Å². The van der Waals surface area contributed by atoms with Gasteiger partial charge >= 0.3 is 6.03 Å². The lowest BCUT2D eigenvalue weighted by atomic mass is 9.99. The van der Waals surface area contributed by atoms with Gasteiger partial charge in [-0.3, -0.25) is 14.3 Å². The van der Waals surface area contributed by atoms with E-state index in [1.807, 2.05) is 18.0 Å². The molecule has 10 nitrogen and oxygen atoms in total. The molecule has 3 heterocycles. The van der Waals surface area contributed by atoms with E-state index in [1.54, 1.807) is 11.7 Å². The molecule has 3 atom stereocenters. The molecule has 31 heavy (non-hydrogen) atoms. The minimum Gasteiger partial charge on any atom is -0.359 e. The van der Waals surface area contributed by atoms with Crippen molar-refractivity contribution in [2.45, 2.75) is 62.4 Å². The van der Waals surface area contributed by atoms with E-state index < -0.39 is 0 Å². The Labute approximate surface area is 186 Å². The van der Waals surface area contributed by atoms with E-state index >= 15 is 0 Å². The molecule has 0 saturated carbocycles. The summed E-state index contributed by atoms with van der Waals surface area (Å²) in [6, 6.07) is 0.192. The van der Waals surface area contributed by atoms with Gasteiger partial charge in [0.2, 0.25) is 11.8 Å². The van der Waals surface area contributed by atoms with Gasteiger partial charge in [0.15, 0.2) is 0 Å². The highest BCUT2D eigenvalue weighted by Gasteiger charge is 2.43. The molecule has 0 radical (unpaired) electrons. The summed E-state index contributed by atoms with van der Waals surface area (Å²) in [5, 5.41) is 19.7. The molecule has 0 aromatic carbocycles. The van der Waals surface area contributed by atoms with Crippen LogP contribution in [0.25, 0.3) is 0 Å². The number of aromatic nitrogens is 3. The van der Waals surface area contributed by atoms with Gasteiger partial charge < -0.3 is 21.3 Å². The minimum absolute atomic E-state index is 0.0191. The number of thioether (sulfide) groups is 1. The molecular formula is C20H31N7O3S. The molecule has 170 valence electrons. The van der Waals surface area contributed by atoms with Crippen molar-refractivity contribution in [2.24, 2.45) is 0 Å². The van der Waals surface area contributed by atoms with Crippen LogP contribution >= 0.6 is 11.8 Å². The van der Waals surface area contributed by atoms with Gasteiger partial charge in [-0.1, -0.05) is 17.4 Å². The molecular weight excluding hydrogens is 418 g/mol. The first-order valence-corrected chi connectivity index (χ1v) is 11.7. The van der Waals surface area contributed by atoms with Crippen molar-refractivity contribution in [1.82, 2.24) is 36.3 Å². The molecule has 1 aromatic heterocycles. The molecule has 2 aliphatic heterocycles. The highest BCUT2D eigenvalue weighted by atomic mass is 32.2. The van der Waals surface area contributed by atoms with E-state index in [0.717, 1.165) is 36.3 Å². The number of rotatable bonds is 12. The first kappa shape index (κ1) is 23.1. The van der Waals surface area contributed by atoms with E-state index in [9.17, 15) is 14.4 Å². The van der Waals surface area contributed by atoms with Crippen molar-refractivity contribution in [2.75, 3.05) is 19.3 Å². The molecule has 2 aliphatic rings. The number of nitrogens with zero attached hydrogens (tertiary/aromatic N) is 3. The third kappa shape index (κ3) is 6.71. The fourth-order valence-corrected chi connectivity index (χ4v) is 5.30. The number of fused-ring (bicyclic) bond motifs is 1. The number of hydrogen-bond donors (Lipinski definition) is 4.